The van der Waals surface area contributed by atoms with E-state index in [0.717, 1.165) is 6.07 Å². The summed E-state index contributed by atoms with van der Waals surface area (Å²) in [5, 5.41) is 0. The zero-order valence-corrected chi connectivity index (χ0v) is 10.7. The molecular weight excluding hydrogens is 288 g/mol. The highest BCUT2D eigenvalue weighted by atomic mass is 19.4. The van der Waals surface area contributed by atoms with Crippen molar-refractivity contribution in [3.05, 3.63) is 47.5 Å². The zero-order chi connectivity index (χ0) is 15.6. The molecule has 4 N–H and O–H groups in total. The number of benzene rings is 2. The van der Waals surface area contributed by atoms with Crippen molar-refractivity contribution in [1.82, 2.24) is 0 Å². The van der Waals surface area contributed by atoms with E-state index in [0.29, 0.717) is 11.8 Å². The Morgan fingerprint density at radius 3 is 2.10 bits per heavy atom. The minimum absolute atomic E-state index is 0.120. The molecule has 112 valence electrons. The van der Waals surface area contributed by atoms with Gasteiger partial charge >= 0.3 is 6.18 Å². The highest BCUT2D eigenvalue weighted by molar-refractivity contribution is 5.56. The van der Waals surface area contributed by atoms with Crippen LogP contribution < -0.4 is 16.2 Å². The molecule has 2 aromatic carbocycles. The molecule has 0 saturated carbocycles. The van der Waals surface area contributed by atoms with Crippen LogP contribution in [0.2, 0.25) is 0 Å². The molecule has 0 aliphatic carbocycles. The van der Waals surface area contributed by atoms with E-state index in [9.17, 15) is 17.6 Å². The molecule has 0 atom stereocenters. The lowest BCUT2D eigenvalue weighted by atomic mass is 10.1. The van der Waals surface area contributed by atoms with Crippen molar-refractivity contribution >= 4 is 11.4 Å². The molecule has 0 unspecified atom stereocenters. The first-order valence-electron chi connectivity index (χ1n) is 5.90. The van der Waals surface area contributed by atoms with E-state index < -0.39 is 24.2 Å². The van der Waals surface area contributed by atoms with Gasteiger partial charge in [0.25, 0.3) is 0 Å². The van der Waals surface area contributed by atoms with Crippen LogP contribution in [0.5, 0.6) is 11.5 Å². The lowest BCUT2D eigenvalue weighted by Gasteiger charge is -2.17. The van der Waals surface area contributed by atoms with Crippen molar-refractivity contribution < 1.29 is 22.3 Å². The van der Waals surface area contributed by atoms with Gasteiger partial charge in [-0.3, -0.25) is 0 Å². The summed E-state index contributed by atoms with van der Waals surface area (Å²) >= 11 is 0. The van der Waals surface area contributed by atoms with Crippen LogP contribution >= 0.6 is 0 Å². The molecule has 0 saturated heterocycles. The number of alkyl halides is 4. The molecule has 0 fully saturated rings. The highest BCUT2D eigenvalue weighted by Crippen LogP contribution is 2.42. The third kappa shape index (κ3) is 3.36. The monoisotopic (exact) mass is 300 g/mol. The van der Waals surface area contributed by atoms with Gasteiger partial charge in [0, 0.05) is 16.9 Å². The normalized spacial score (nSPS) is 11.4. The van der Waals surface area contributed by atoms with E-state index in [4.69, 9.17) is 16.2 Å². The number of ether oxygens (including phenoxy) is 1. The molecule has 2 aromatic rings. The standard InChI is InChI=1S/C14H12F4N2O/c15-7-8-5-10(20)6-12(14(16,17)18)13(8)21-11-3-1-9(19)2-4-11/h1-6H,7,19-20H2. The third-order valence-electron chi connectivity index (χ3n) is 2.74. The summed E-state index contributed by atoms with van der Waals surface area (Å²) in [4.78, 5) is 0. The maximum Gasteiger partial charge on any atom is 0.420 e. The SMILES string of the molecule is Nc1ccc(Oc2c(CF)cc(N)cc2C(F)(F)F)cc1. The van der Waals surface area contributed by atoms with Gasteiger partial charge in [-0.25, -0.2) is 4.39 Å². The van der Waals surface area contributed by atoms with Gasteiger partial charge in [0.05, 0.1) is 0 Å². The maximum absolute atomic E-state index is 13.0. The molecule has 0 aromatic heterocycles. The number of hydrogen-bond donors (Lipinski definition) is 2. The van der Waals surface area contributed by atoms with Gasteiger partial charge in [-0.05, 0) is 36.4 Å². The molecule has 0 spiro atoms. The summed E-state index contributed by atoms with van der Waals surface area (Å²) in [5.41, 5.74) is 9.73. The van der Waals surface area contributed by atoms with Crippen LogP contribution in [-0.4, -0.2) is 0 Å². The summed E-state index contributed by atoms with van der Waals surface area (Å²) in [7, 11) is 0. The Labute approximate surface area is 118 Å². The second-order valence-electron chi connectivity index (χ2n) is 4.36. The number of halogens is 4. The fraction of sp³-hybridized carbons (Fsp3) is 0.143. The summed E-state index contributed by atoms with van der Waals surface area (Å²) in [6.45, 7) is -1.13. The number of hydrogen-bond acceptors (Lipinski definition) is 3. The lowest BCUT2D eigenvalue weighted by Crippen LogP contribution is -2.10. The molecule has 21 heavy (non-hydrogen) atoms. The van der Waals surface area contributed by atoms with Crippen LogP contribution in [0.3, 0.4) is 0 Å². The van der Waals surface area contributed by atoms with E-state index in [1.165, 1.54) is 24.3 Å². The van der Waals surface area contributed by atoms with E-state index in [-0.39, 0.29) is 17.0 Å². The van der Waals surface area contributed by atoms with Gasteiger partial charge in [0.1, 0.15) is 23.7 Å². The van der Waals surface area contributed by atoms with Gasteiger partial charge in [0.15, 0.2) is 0 Å². The van der Waals surface area contributed by atoms with E-state index in [2.05, 4.69) is 0 Å². The number of nitrogen functional groups attached to an aromatic ring is 2. The summed E-state index contributed by atoms with van der Waals surface area (Å²) in [6.07, 6.45) is -4.71. The fourth-order valence-corrected chi connectivity index (χ4v) is 1.80. The zero-order valence-electron chi connectivity index (χ0n) is 10.7. The topological polar surface area (TPSA) is 61.3 Å². The molecule has 3 nitrogen and oxygen atoms in total. The Kier molecular flexibility index (Phi) is 3.93. The van der Waals surface area contributed by atoms with Gasteiger partial charge in [-0.1, -0.05) is 0 Å². The maximum atomic E-state index is 13.0. The summed E-state index contributed by atoms with van der Waals surface area (Å²) in [5.74, 6) is -0.474. The third-order valence-corrected chi connectivity index (χ3v) is 2.74. The van der Waals surface area contributed by atoms with Gasteiger partial charge in [-0.15, -0.1) is 0 Å². The Balaban J connectivity index is 2.52. The summed E-state index contributed by atoms with van der Waals surface area (Å²) < 4.78 is 57.3. The predicted molar refractivity (Wildman–Crippen MR) is 71.6 cm³/mol. The minimum atomic E-state index is -4.71. The number of anilines is 2. The average molecular weight is 300 g/mol. The van der Waals surface area contributed by atoms with Gasteiger partial charge in [-0.2, -0.15) is 13.2 Å². The molecule has 7 heteroatoms. The van der Waals surface area contributed by atoms with Crippen molar-refractivity contribution in [3.8, 4) is 11.5 Å². The Morgan fingerprint density at radius 2 is 1.57 bits per heavy atom. The number of nitrogens with two attached hydrogens (primary N) is 2. The summed E-state index contributed by atoms with van der Waals surface area (Å²) in [6, 6.07) is 7.55. The van der Waals surface area contributed by atoms with Crippen LogP contribution in [-0.2, 0) is 12.9 Å². The second kappa shape index (κ2) is 5.51. The van der Waals surface area contributed by atoms with Crippen LogP contribution in [0.15, 0.2) is 36.4 Å². The van der Waals surface area contributed by atoms with Crippen LogP contribution in [0.4, 0.5) is 28.9 Å². The molecular formula is C14H12F4N2O. The van der Waals surface area contributed by atoms with Crippen LogP contribution in [0, 0.1) is 0 Å². The molecule has 2 rings (SSSR count). The van der Waals surface area contributed by atoms with Crippen molar-refractivity contribution in [2.24, 2.45) is 0 Å². The largest absolute Gasteiger partial charge is 0.456 e. The van der Waals surface area contributed by atoms with Gasteiger partial charge in [0.2, 0.25) is 0 Å². The second-order valence-corrected chi connectivity index (χ2v) is 4.36. The smallest absolute Gasteiger partial charge is 0.420 e. The Bertz CT molecular complexity index is 639. The van der Waals surface area contributed by atoms with E-state index >= 15 is 0 Å². The van der Waals surface area contributed by atoms with E-state index in [1.807, 2.05) is 0 Å². The molecule has 0 bridgehead atoms. The van der Waals surface area contributed by atoms with E-state index in [1.54, 1.807) is 0 Å². The minimum Gasteiger partial charge on any atom is -0.456 e. The molecule has 0 heterocycles. The van der Waals surface area contributed by atoms with Crippen molar-refractivity contribution in [3.63, 3.8) is 0 Å². The molecule has 0 radical (unpaired) electrons. The molecule has 0 aliphatic rings. The first kappa shape index (κ1) is 15.0. The van der Waals surface area contributed by atoms with Crippen molar-refractivity contribution in [2.45, 2.75) is 12.9 Å². The fourth-order valence-electron chi connectivity index (χ4n) is 1.80. The average Bonchev–Trinajstić information content (AvgIpc) is 2.41. The quantitative estimate of drug-likeness (QED) is 0.661. The Hall–Kier alpha value is -2.44. The van der Waals surface area contributed by atoms with Crippen LogP contribution in [0.1, 0.15) is 11.1 Å². The van der Waals surface area contributed by atoms with Crippen LogP contribution in [0.25, 0.3) is 0 Å². The Morgan fingerprint density at radius 1 is 0.952 bits per heavy atom. The molecule has 0 amide bonds. The highest BCUT2D eigenvalue weighted by Gasteiger charge is 2.36. The van der Waals surface area contributed by atoms with Crippen molar-refractivity contribution in [1.29, 1.82) is 0 Å². The number of rotatable bonds is 3. The predicted octanol–water partition coefficient (Wildman–Crippen LogP) is 4.13. The lowest BCUT2D eigenvalue weighted by molar-refractivity contribution is -0.138. The first-order chi connectivity index (χ1) is 9.81. The van der Waals surface area contributed by atoms with Crippen molar-refractivity contribution in [2.75, 3.05) is 11.5 Å². The van der Waals surface area contributed by atoms with Gasteiger partial charge < -0.3 is 16.2 Å². The first-order valence-corrected chi connectivity index (χ1v) is 5.90. The molecule has 0 aliphatic heterocycles.